The van der Waals surface area contributed by atoms with Crippen molar-refractivity contribution >= 4 is 10.8 Å². The van der Waals surface area contributed by atoms with Crippen LogP contribution in [-0.4, -0.2) is 18.5 Å². The maximum absolute atomic E-state index is 3.80. The highest BCUT2D eigenvalue weighted by atomic mass is 15.1. The van der Waals surface area contributed by atoms with E-state index in [1.54, 1.807) is 0 Å². The molecule has 0 saturated carbocycles. The molecule has 88 valence electrons. The number of likely N-dealkylation sites (N-methyl/N-ethyl adjacent to an activating group) is 1. The Labute approximate surface area is 103 Å². The maximum Gasteiger partial charge on any atom is 0.0326 e. The molecule has 0 N–H and O–H groups in total. The van der Waals surface area contributed by atoms with Crippen molar-refractivity contribution in [3.05, 3.63) is 60.7 Å². The normalized spacial score (nSPS) is 12.9. The Hall–Kier alpha value is -1.60. The van der Waals surface area contributed by atoms with Gasteiger partial charge in [0, 0.05) is 12.6 Å². The highest BCUT2D eigenvalue weighted by molar-refractivity contribution is 5.86. The molecule has 1 atom stereocenters. The van der Waals surface area contributed by atoms with Gasteiger partial charge in [-0.25, -0.2) is 0 Å². The summed E-state index contributed by atoms with van der Waals surface area (Å²) in [6.07, 6.45) is 1.95. The number of hydrogen-bond donors (Lipinski definition) is 0. The summed E-state index contributed by atoms with van der Waals surface area (Å²) in [6.45, 7) is 6.95. The molecular weight excluding hydrogens is 206 g/mol. The summed E-state index contributed by atoms with van der Waals surface area (Å²) in [5.41, 5.74) is 1.38. The van der Waals surface area contributed by atoms with Crippen molar-refractivity contribution < 1.29 is 0 Å². The molecule has 2 aromatic rings. The fourth-order valence-corrected chi connectivity index (χ4v) is 2.21. The summed E-state index contributed by atoms with van der Waals surface area (Å²) in [6, 6.07) is 15.5. The Kier molecular flexibility index (Phi) is 3.60. The third-order valence-corrected chi connectivity index (χ3v) is 3.35. The Balaban J connectivity index is 2.44. The van der Waals surface area contributed by atoms with Gasteiger partial charge in [-0.1, -0.05) is 48.5 Å². The van der Waals surface area contributed by atoms with Crippen molar-refractivity contribution in [2.45, 2.75) is 13.0 Å². The minimum absolute atomic E-state index is 0.402. The van der Waals surface area contributed by atoms with Gasteiger partial charge in [0.15, 0.2) is 0 Å². The standard InChI is InChI=1S/C16H19N/c1-4-12-17(3)13(2)15-11-7-9-14-8-5-6-10-16(14)15/h4-11,13H,1,12H2,2-3H3/t13-/m1/s1. The first-order valence-corrected chi connectivity index (χ1v) is 6.03. The van der Waals surface area contributed by atoms with E-state index in [1.165, 1.54) is 16.3 Å². The number of nitrogens with zero attached hydrogens (tertiary/aromatic N) is 1. The predicted molar refractivity (Wildman–Crippen MR) is 75.2 cm³/mol. The molecule has 0 aliphatic rings. The molecule has 0 radical (unpaired) electrons. The SMILES string of the molecule is C=CCN(C)[C@H](C)c1cccc2ccccc12. The molecule has 2 rings (SSSR count). The van der Waals surface area contributed by atoms with Gasteiger partial charge in [-0.3, -0.25) is 4.90 Å². The van der Waals surface area contributed by atoms with Gasteiger partial charge in [0.2, 0.25) is 0 Å². The smallest absolute Gasteiger partial charge is 0.0326 e. The van der Waals surface area contributed by atoms with Crippen molar-refractivity contribution in [2.75, 3.05) is 13.6 Å². The summed E-state index contributed by atoms with van der Waals surface area (Å²) >= 11 is 0. The van der Waals surface area contributed by atoms with Crippen LogP contribution in [0.2, 0.25) is 0 Å². The lowest BCUT2D eigenvalue weighted by Gasteiger charge is -2.24. The highest BCUT2D eigenvalue weighted by Gasteiger charge is 2.12. The van der Waals surface area contributed by atoms with Crippen molar-refractivity contribution in [2.24, 2.45) is 0 Å². The van der Waals surface area contributed by atoms with Crippen LogP contribution in [0, 0.1) is 0 Å². The third kappa shape index (κ3) is 2.40. The van der Waals surface area contributed by atoms with Gasteiger partial charge < -0.3 is 0 Å². The van der Waals surface area contributed by atoms with Crippen LogP contribution in [0.25, 0.3) is 10.8 Å². The summed E-state index contributed by atoms with van der Waals surface area (Å²) < 4.78 is 0. The number of fused-ring (bicyclic) bond motifs is 1. The van der Waals surface area contributed by atoms with Crippen LogP contribution in [0.15, 0.2) is 55.1 Å². The van der Waals surface area contributed by atoms with Gasteiger partial charge in [0.1, 0.15) is 0 Å². The summed E-state index contributed by atoms with van der Waals surface area (Å²) in [5, 5.41) is 2.65. The first-order valence-electron chi connectivity index (χ1n) is 6.03. The predicted octanol–water partition coefficient (Wildman–Crippen LogP) is 4.02. The van der Waals surface area contributed by atoms with Gasteiger partial charge in [0.25, 0.3) is 0 Å². The minimum atomic E-state index is 0.402. The average molecular weight is 225 g/mol. The van der Waals surface area contributed by atoms with Crippen molar-refractivity contribution in [3.8, 4) is 0 Å². The zero-order valence-electron chi connectivity index (χ0n) is 10.6. The first-order chi connectivity index (χ1) is 8.24. The minimum Gasteiger partial charge on any atom is -0.296 e. The van der Waals surface area contributed by atoms with Crippen LogP contribution in [0.3, 0.4) is 0 Å². The molecule has 0 spiro atoms. The zero-order chi connectivity index (χ0) is 12.3. The van der Waals surface area contributed by atoms with Crippen molar-refractivity contribution in [3.63, 3.8) is 0 Å². The monoisotopic (exact) mass is 225 g/mol. The lowest BCUT2D eigenvalue weighted by molar-refractivity contribution is 0.291. The Bertz CT molecular complexity index is 510. The van der Waals surface area contributed by atoms with E-state index < -0.39 is 0 Å². The Morgan fingerprint density at radius 2 is 1.88 bits per heavy atom. The van der Waals surface area contributed by atoms with E-state index in [2.05, 4.69) is 67.9 Å². The third-order valence-electron chi connectivity index (χ3n) is 3.35. The maximum atomic E-state index is 3.80. The number of benzene rings is 2. The molecular formula is C16H19N. The fraction of sp³-hybridized carbons (Fsp3) is 0.250. The molecule has 0 bridgehead atoms. The van der Waals surface area contributed by atoms with Gasteiger partial charge in [-0.2, -0.15) is 0 Å². The molecule has 1 heteroatoms. The van der Waals surface area contributed by atoms with Crippen LogP contribution >= 0.6 is 0 Å². The molecule has 0 aliphatic carbocycles. The molecule has 0 aliphatic heterocycles. The van der Waals surface area contributed by atoms with Crippen LogP contribution in [-0.2, 0) is 0 Å². The van der Waals surface area contributed by atoms with Gasteiger partial charge >= 0.3 is 0 Å². The van der Waals surface area contributed by atoms with Crippen LogP contribution in [0.1, 0.15) is 18.5 Å². The molecule has 0 saturated heterocycles. The second-order valence-electron chi connectivity index (χ2n) is 4.47. The van der Waals surface area contributed by atoms with E-state index in [4.69, 9.17) is 0 Å². The number of rotatable bonds is 4. The van der Waals surface area contributed by atoms with Gasteiger partial charge in [-0.15, -0.1) is 6.58 Å². The molecule has 2 aromatic carbocycles. The van der Waals surface area contributed by atoms with E-state index in [1.807, 2.05) is 6.08 Å². The lowest BCUT2D eigenvalue weighted by atomic mass is 9.99. The fourth-order valence-electron chi connectivity index (χ4n) is 2.21. The van der Waals surface area contributed by atoms with Gasteiger partial charge in [0.05, 0.1) is 0 Å². The van der Waals surface area contributed by atoms with Crippen LogP contribution in [0.4, 0.5) is 0 Å². The van der Waals surface area contributed by atoms with E-state index in [0.29, 0.717) is 6.04 Å². The molecule has 0 aromatic heterocycles. The zero-order valence-corrected chi connectivity index (χ0v) is 10.6. The first kappa shape index (κ1) is 11.9. The molecule has 1 nitrogen and oxygen atoms in total. The summed E-state index contributed by atoms with van der Waals surface area (Å²) in [7, 11) is 2.13. The molecule has 0 unspecified atom stereocenters. The van der Waals surface area contributed by atoms with Crippen LogP contribution in [0.5, 0.6) is 0 Å². The van der Waals surface area contributed by atoms with E-state index >= 15 is 0 Å². The quantitative estimate of drug-likeness (QED) is 0.710. The number of hydrogen-bond acceptors (Lipinski definition) is 1. The lowest BCUT2D eigenvalue weighted by Crippen LogP contribution is -2.22. The Morgan fingerprint density at radius 3 is 2.65 bits per heavy atom. The largest absolute Gasteiger partial charge is 0.296 e. The van der Waals surface area contributed by atoms with Gasteiger partial charge in [-0.05, 0) is 30.3 Å². The molecule has 0 heterocycles. The molecule has 0 fully saturated rings. The second-order valence-corrected chi connectivity index (χ2v) is 4.47. The van der Waals surface area contributed by atoms with E-state index in [0.717, 1.165) is 6.54 Å². The van der Waals surface area contributed by atoms with Crippen LogP contribution < -0.4 is 0 Å². The second kappa shape index (κ2) is 5.15. The summed E-state index contributed by atoms with van der Waals surface area (Å²) in [5.74, 6) is 0. The van der Waals surface area contributed by atoms with E-state index in [-0.39, 0.29) is 0 Å². The topological polar surface area (TPSA) is 3.24 Å². The molecule has 17 heavy (non-hydrogen) atoms. The molecule has 0 amide bonds. The summed E-state index contributed by atoms with van der Waals surface area (Å²) in [4.78, 5) is 2.30. The Morgan fingerprint density at radius 1 is 1.18 bits per heavy atom. The average Bonchev–Trinajstić information content (AvgIpc) is 2.37. The van der Waals surface area contributed by atoms with E-state index in [9.17, 15) is 0 Å². The van der Waals surface area contributed by atoms with Crippen molar-refractivity contribution in [1.82, 2.24) is 4.90 Å². The highest BCUT2D eigenvalue weighted by Crippen LogP contribution is 2.27. The van der Waals surface area contributed by atoms with Crippen molar-refractivity contribution in [1.29, 1.82) is 0 Å².